The molecular formula is C9H10FNO3. The van der Waals surface area contributed by atoms with Gasteiger partial charge >= 0.3 is 5.97 Å². The summed E-state index contributed by atoms with van der Waals surface area (Å²) in [6.45, 7) is 0. The minimum Gasteiger partial charge on any atom is -0.496 e. The number of halogens is 1. The summed E-state index contributed by atoms with van der Waals surface area (Å²) >= 11 is 0. The van der Waals surface area contributed by atoms with Crippen molar-refractivity contribution in [1.29, 1.82) is 0 Å². The number of hydrogen-bond acceptors (Lipinski definition) is 4. The van der Waals surface area contributed by atoms with Gasteiger partial charge in [0.05, 0.1) is 14.2 Å². The molecule has 0 aliphatic rings. The van der Waals surface area contributed by atoms with Crippen molar-refractivity contribution < 1.29 is 18.7 Å². The Kier molecular flexibility index (Phi) is 2.91. The summed E-state index contributed by atoms with van der Waals surface area (Å²) in [5.74, 6) is -1.48. The molecule has 0 unspecified atom stereocenters. The van der Waals surface area contributed by atoms with Gasteiger partial charge in [-0.05, 0) is 6.07 Å². The maximum absolute atomic E-state index is 13.3. The van der Waals surface area contributed by atoms with Gasteiger partial charge in [0, 0.05) is 11.8 Å². The van der Waals surface area contributed by atoms with Crippen molar-refractivity contribution in [2.75, 3.05) is 20.0 Å². The molecule has 0 bridgehead atoms. The number of rotatable bonds is 2. The third-order valence-corrected chi connectivity index (χ3v) is 1.69. The number of carbonyl (C=O) groups is 1. The highest BCUT2D eigenvalue weighted by Gasteiger charge is 2.18. The van der Waals surface area contributed by atoms with Crippen LogP contribution in [0.1, 0.15) is 10.4 Å². The molecule has 5 heteroatoms. The van der Waals surface area contributed by atoms with Gasteiger partial charge < -0.3 is 15.2 Å². The van der Waals surface area contributed by atoms with E-state index < -0.39 is 11.8 Å². The SMILES string of the molecule is COC(=O)c1c(F)cc(N)cc1OC. The van der Waals surface area contributed by atoms with Crippen molar-refractivity contribution in [2.45, 2.75) is 0 Å². The second-order valence-electron chi connectivity index (χ2n) is 2.57. The number of nitrogens with two attached hydrogens (primary N) is 1. The number of carbonyl (C=O) groups excluding carboxylic acids is 1. The molecular weight excluding hydrogens is 189 g/mol. The molecule has 0 radical (unpaired) electrons. The van der Waals surface area contributed by atoms with Crippen LogP contribution in [-0.4, -0.2) is 20.2 Å². The van der Waals surface area contributed by atoms with Crippen LogP contribution in [0, 0.1) is 5.82 Å². The smallest absolute Gasteiger partial charge is 0.344 e. The normalized spacial score (nSPS) is 9.64. The topological polar surface area (TPSA) is 61.5 Å². The zero-order valence-electron chi connectivity index (χ0n) is 7.83. The monoisotopic (exact) mass is 199 g/mol. The molecule has 0 atom stereocenters. The van der Waals surface area contributed by atoms with E-state index in [1.54, 1.807) is 0 Å². The Morgan fingerprint density at radius 2 is 2.07 bits per heavy atom. The average Bonchev–Trinajstić information content (AvgIpc) is 2.15. The molecule has 0 heterocycles. The van der Waals surface area contributed by atoms with Crippen molar-refractivity contribution in [3.05, 3.63) is 23.5 Å². The minimum absolute atomic E-state index is 0.0642. The first-order valence-corrected chi connectivity index (χ1v) is 3.81. The number of hydrogen-bond donors (Lipinski definition) is 1. The molecule has 1 rings (SSSR count). The zero-order chi connectivity index (χ0) is 10.7. The maximum atomic E-state index is 13.3. The Bertz CT molecular complexity index is 365. The first kappa shape index (κ1) is 10.3. The molecule has 0 saturated carbocycles. The van der Waals surface area contributed by atoms with Crippen LogP contribution in [0.3, 0.4) is 0 Å². The highest BCUT2D eigenvalue weighted by Crippen LogP contribution is 2.25. The molecule has 14 heavy (non-hydrogen) atoms. The fourth-order valence-electron chi connectivity index (χ4n) is 1.06. The second kappa shape index (κ2) is 3.95. The van der Waals surface area contributed by atoms with E-state index in [1.165, 1.54) is 13.2 Å². The molecule has 0 fully saturated rings. The molecule has 0 spiro atoms. The standard InChI is InChI=1S/C9H10FNO3/c1-13-7-4-5(11)3-6(10)8(7)9(12)14-2/h3-4H,11H2,1-2H3. The quantitative estimate of drug-likeness (QED) is 0.574. The molecule has 2 N–H and O–H groups in total. The molecule has 0 aromatic heterocycles. The highest BCUT2D eigenvalue weighted by molar-refractivity contribution is 5.93. The van der Waals surface area contributed by atoms with Crippen LogP contribution in [0.4, 0.5) is 10.1 Å². The van der Waals surface area contributed by atoms with Crippen LogP contribution < -0.4 is 10.5 Å². The summed E-state index contributed by atoms with van der Waals surface area (Å²) in [5.41, 5.74) is 5.31. The maximum Gasteiger partial charge on any atom is 0.344 e. The van der Waals surface area contributed by atoms with E-state index in [2.05, 4.69) is 4.74 Å². The number of ether oxygens (including phenoxy) is 2. The highest BCUT2D eigenvalue weighted by atomic mass is 19.1. The van der Waals surface area contributed by atoms with Crippen molar-refractivity contribution in [1.82, 2.24) is 0 Å². The lowest BCUT2D eigenvalue weighted by Crippen LogP contribution is -2.07. The summed E-state index contributed by atoms with van der Waals surface area (Å²) in [6, 6.07) is 2.39. The van der Waals surface area contributed by atoms with E-state index in [0.717, 1.165) is 13.2 Å². The zero-order valence-corrected chi connectivity index (χ0v) is 7.83. The van der Waals surface area contributed by atoms with E-state index in [0.29, 0.717) is 0 Å². The van der Waals surface area contributed by atoms with Crippen molar-refractivity contribution in [2.24, 2.45) is 0 Å². The molecule has 0 saturated heterocycles. The van der Waals surface area contributed by atoms with Crippen molar-refractivity contribution in [3.63, 3.8) is 0 Å². The molecule has 4 nitrogen and oxygen atoms in total. The fourth-order valence-corrected chi connectivity index (χ4v) is 1.06. The van der Waals surface area contributed by atoms with Gasteiger partial charge in [0.25, 0.3) is 0 Å². The van der Waals surface area contributed by atoms with E-state index in [1.807, 2.05) is 0 Å². The lowest BCUT2D eigenvalue weighted by Gasteiger charge is -2.08. The van der Waals surface area contributed by atoms with E-state index in [9.17, 15) is 9.18 Å². The van der Waals surface area contributed by atoms with Crippen molar-refractivity contribution in [3.8, 4) is 5.75 Å². The second-order valence-corrected chi connectivity index (χ2v) is 2.57. The summed E-state index contributed by atoms with van der Waals surface area (Å²) < 4.78 is 22.5. The summed E-state index contributed by atoms with van der Waals surface area (Å²) in [7, 11) is 2.48. The predicted octanol–water partition coefficient (Wildman–Crippen LogP) is 1.20. The number of anilines is 1. The number of nitrogen functional groups attached to an aromatic ring is 1. The first-order valence-electron chi connectivity index (χ1n) is 3.81. The number of esters is 1. The molecule has 1 aromatic carbocycles. The average molecular weight is 199 g/mol. The molecule has 0 aliphatic heterocycles. The van der Waals surface area contributed by atoms with Gasteiger partial charge in [-0.1, -0.05) is 0 Å². The Morgan fingerprint density at radius 3 is 2.57 bits per heavy atom. The van der Waals surface area contributed by atoms with Gasteiger partial charge in [-0.15, -0.1) is 0 Å². The fraction of sp³-hybridized carbons (Fsp3) is 0.222. The first-order chi connectivity index (χ1) is 6.60. The third-order valence-electron chi connectivity index (χ3n) is 1.69. The Labute approximate surface area is 80.4 Å². The third kappa shape index (κ3) is 1.76. The molecule has 1 aromatic rings. The Morgan fingerprint density at radius 1 is 1.43 bits per heavy atom. The Hall–Kier alpha value is -1.78. The summed E-state index contributed by atoms with van der Waals surface area (Å²) in [6.07, 6.45) is 0. The van der Waals surface area contributed by atoms with Crippen LogP contribution >= 0.6 is 0 Å². The lowest BCUT2D eigenvalue weighted by atomic mass is 10.1. The predicted molar refractivity (Wildman–Crippen MR) is 48.7 cm³/mol. The van der Waals surface area contributed by atoms with Crippen LogP contribution in [0.25, 0.3) is 0 Å². The Balaban J connectivity index is 3.32. The summed E-state index contributed by atoms with van der Waals surface area (Å²) in [5, 5.41) is 0. The van der Waals surface area contributed by atoms with Gasteiger partial charge in [-0.3, -0.25) is 0 Å². The molecule has 0 amide bonds. The number of methoxy groups -OCH3 is 2. The van der Waals surface area contributed by atoms with E-state index in [4.69, 9.17) is 10.5 Å². The lowest BCUT2D eigenvalue weighted by molar-refractivity contribution is 0.0591. The van der Waals surface area contributed by atoms with Crippen LogP contribution in [-0.2, 0) is 4.74 Å². The van der Waals surface area contributed by atoms with E-state index >= 15 is 0 Å². The van der Waals surface area contributed by atoms with Gasteiger partial charge in [0.15, 0.2) is 0 Å². The van der Waals surface area contributed by atoms with Gasteiger partial charge in [0.2, 0.25) is 0 Å². The van der Waals surface area contributed by atoms with E-state index in [-0.39, 0.29) is 17.0 Å². The van der Waals surface area contributed by atoms with Gasteiger partial charge in [-0.2, -0.15) is 0 Å². The molecule has 76 valence electrons. The molecule has 0 aliphatic carbocycles. The van der Waals surface area contributed by atoms with Crippen molar-refractivity contribution >= 4 is 11.7 Å². The summed E-state index contributed by atoms with van der Waals surface area (Å²) in [4.78, 5) is 11.1. The van der Waals surface area contributed by atoms with Gasteiger partial charge in [-0.25, -0.2) is 9.18 Å². The van der Waals surface area contributed by atoms with Crippen LogP contribution in [0.15, 0.2) is 12.1 Å². The minimum atomic E-state index is -0.792. The largest absolute Gasteiger partial charge is 0.496 e. The van der Waals surface area contributed by atoms with Gasteiger partial charge in [0.1, 0.15) is 17.1 Å². The van der Waals surface area contributed by atoms with Crippen LogP contribution in [0.5, 0.6) is 5.75 Å². The van der Waals surface area contributed by atoms with Crippen LogP contribution in [0.2, 0.25) is 0 Å². The number of benzene rings is 1.